The number of pyridine rings is 1. The molecule has 1 aliphatic heterocycles. The summed E-state index contributed by atoms with van der Waals surface area (Å²) >= 11 is 0. The van der Waals surface area contributed by atoms with E-state index in [4.69, 9.17) is 4.52 Å². The van der Waals surface area contributed by atoms with Gasteiger partial charge in [0.2, 0.25) is 11.7 Å². The summed E-state index contributed by atoms with van der Waals surface area (Å²) in [6.07, 6.45) is 9.80. The van der Waals surface area contributed by atoms with Crippen LogP contribution < -0.4 is 0 Å². The molecule has 3 aromatic rings. The van der Waals surface area contributed by atoms with Crippen molar-refractivity contribution in [3.05, 3.63) is 48.6 Å². The zero-order chi connectivity index (χ0) is 17.9. The van der Waals surface area contributed by atoms with Gasteiger partial charge in [-0.15, -0.1) is 0 Å². The SMILES string of the molecule is CC(C)n1ccnc1C1CCCN(Cc2nc(-c3cccnc3)no2)C1. The first-order valence-electron chi connectivity index (χ1n) is 9.19. The van der Waals surface area contributed by atoms with Gasteiger partial charge in [-0.1, -0.05) is 5.16 Å². The Morgan fingerprint density at radius 1 is 1.31 bits per heavy atom. The number of rotatable bonds is 5. The Labute approximate surface area is 153 Å². The van der Waals surface area contributed by atoms with Gasteiger partial charge in [-0.3, -0.25) is 9.88 Å². The highest BCUT2D eigenvalue weighted by Gasteiger charge is 2.26. The lowest BCUT2D eigenvalue weighted by Gasteiger charge is -2.32. The number of aromatic nitrogens is 5. The Morgan fingerprint density at radius 2 is 2.23 bits per heavy atom. The van der Waals surface area contributed by atoms with Crippen LogP contribution in [0.1, 0.15) is 50.4 Å². The van der Waals surface area contributed by atoms with Gasteiger partial charge in [-0.25, -0.2) is 4.98 Å². The van der Waals surface area contributed by atoms with Gasteiger partial charge in [0.25, 0.3) is 0 Å². The van der Waals surface area contributed by atoms with Gasteiger partial charge in [0.05, 0.1) is 6.54 Å². The van der Waals surface area contributed by atoms with E-state index in [2.05, 4.69) is 49.6 Å². The van der Waals surface area contributed by atoms with Crippen molar-refractivity contribution in [2.24, 2.45) is 0 Å². The third kappa shape index (κ3) is 3.53. The summed E-state index contributed by atoms with van der Waals surface area (Å²) in [5.41, 5.74) is 0.873. The normalized spacial score (nSPS) is 18.5. The van der Waals surface area contributed by atoms with E-state index >= 15 is 0 Å². The van der Waals surface area contributed by atoms with Crippen LogP contribution in [0.4, 0.5) is 0 Å². The molecule has 0 amide bonds. The molecular formula is C19H24N6O. The zero-order valence-electron chi connectivity index (χ0n) is 15.2. The summed E-state index contributed by atoms with van der Waals surface area (Å²) in [6.45, 7) is 7.08. The van der Waals surface area contributed by atoms with E-state index < -0.39 is 0 Å². The molecule has 1 fully saturated rings. The van der Waals surface area contributed by atoms with Crippen LogP contribution in [0.2, 0.25) is 0 Å². The molecule has 0 N–H and O–H groups in total. The Morgan fingerprint density at radius 3 is 3.04 bits per heavy atom. The van der Waals surface area contributed by atoms with Crippen LogP contribution in [0.5, 0.6) is 0 Å². The van der Waals surface area contributed by atoms with Crippen molar-refractivity contribution in [2.45, 2.75) is 45.2 Å². The summed E-state index contributed by atoms with van der Waals surface area (Å²) in [7, 11) is 0. The average molecular weight is 352 g/mol. The first kappa shape index (κ1) is 16.9. The van der Waals surface area contributed by atoms with E-state index in [9.17, 15) is 0 Å². The summed E-state index contributed by atoms with van der Waals surface area (Å²) in [5, 5.41) is 4.09. The first-order valence-corrected chi connectivity index (χ1v) is 9.19. The Balaban J connectivity index is 1.44. The summed E-state index contributed by atoms with van der Waals surface area (Å²) < 4.78 is 7.74. The van der Waals surface area contributed by atoms with Crippen LogP contribution in [0.15, 0.2) is 41.4 Å². The minimum atomic E-state index is 0.431. The van der Waals surface area contributed by atoms with Gasteiger partial charge in [-0.2, -0.15) is 4.98 Å². The van der Waals surface area contributed by atoms with Crippen molar-refractivity contribution in [1.29, 1.82) is 0 Å². The highest BCUT2D eigenvalue weighted by Crippen LogP contribution is 2.28. The standard InChI is InChI=1S/C19H24N6O/c1-14(2)25-10-8-21-19(25)16-6-4-9-24(12-16)13-17-22-18(23-26-17)15-5-3-7-20-11-15/h3,5,7-8,10-11,14,16H,4,6,9,12-13H2,1-2H3. The average Bonchev–Trinajstić information content (AvgIpc) is 3.32. The summed E-state index contributed by atoms with van der Waals surface area (Å²) in [5.74, 6) is 2.88. The molecule has 0 radical (unpaired) electrons. The molecule has 4 rings (SSSR count). The molecule has 136 valence electrons. The maximum absolute atomic E-state index is 5.46. The van der Waals surface area contributed by atoms with Gasteiger partial charge in [-0.05, 0) is 45.4 Å². The number of hydrogen-bond acceptors (Lipinski definition) is 6. The summed E-state index contributed by atoms with van der Waals surface area (Å²) in [6, 6.07) is 4.24. The van der Waals surface area contributed by atoms with Crippen molar-refractivity contribution >= 4 is 0 Å². The number of piperidine rings is 1. The van der Waals surface area contributed by atoms with Crippen molar-refractivity contribution in [3.8, 4) is 11.4 Å². The number of likely N-dealkylation sites (tertiary alicyclic amines) is 1. The van der Waals surface area contributed by atoms with E-state index in [1.54, 1.807) is 12.4 Å². The minimum Gasteiger partial charge on any atom is -0.338 e. The molecule has 26 heavy (non-hydrogen) atoms. The van der Waals surface area contributed by atoms with E-state index in [1.807, 2.05) is 18.3 Å². The first-order chi connectivity index (χ1) is 12.7. The van der Waals surface area contributed by atoms with Gasteiger partial charge in [0, 0.05) is 48.9 Å². The van der Waals surface area contributed by atoms with Crippen molar-refractivity contribution in [2.75, 3.05) is 13.1 Å². The molecule has 0 bridgehead atoms. The zero-order valence-corrected chi connectivity index (χ0v) is 15.2. The van der Waals surface area contributed by atoms with Gasteiger partial charge in [0.1, 0.15) is 5.82 Å². The second kappa shape index (κ2) is 7.37. The Bertz CT molecular complexity index is 841. The molecule has 3 aromatic heterocycles. The van der Waals surface area contributed by atoms with Crippen LogP contribution in [-0.2, 0) is 6.54 Å². The molecule has 1 atom stereocenters. The van der Waals surface area contributed by atoms with Crippen molar-refractivity contribution < 1.29 is 4.52 Å². The third-order valence-corrected chi connectivity index (χ3v) is 4.87. The lowest BCUT2D eigenvalue weighted by atomic mass is 9.97. The number of imidazole rings is 1. The van der Waals surface area contributed by atoms with Gasteiger partial charge >= 0.3 is 0 Å². The molecule has 0 saturated carbocycles. The maximum Gasteiger partial charge on any atom is 0.241 e. The lowest BCUT2D eigenvalue weighted by molar-refractivity contribution is 0.172. The molecule has 0 aromatic carbocycles. The van der Waals surface area contributed by atoms with Crippen LogP contribution in [-0.4, -0.2) is 42.7 Å². The largest absolute Gasteiger partial charge is 0.338 e. The van der Waals surface area contributed by atoms with E-state index in [1.165, 1.54) is 12.2 Å². The quantitative estimate of drug-likeness (QED) is 0.701. The highest BCUT2D eigenvalue weighted by molar-refractivity contribution is 5.51. The molecule has 1 saturated heterocycles. The molecule has 0 aliphatic carbocycles. The molecule has 7 heteroatoms. The molecule has 1 aliphatic rings. The predicted octanol–water partition coefficient (Wildman–Crippen LogP) is 3.29. The fraction of sp³-hybridized carbons (Fsp3) is 0.474. The van der Waals surface area contributed by atoms with Crippen LogP contribution in [0, 0.1) is 0 Å². The maximum atomic E-state index is 5.46. The van der Waals surface area contributed by atoms with Crippen LogP contribution in [0.3, 0.4) is 0 Å². The minimum absolute atomic E-state index is 0.431. The third-order valence-electron chi connectivity index (χ3n) is 4.87. The second-order valence-corrected chi connectivity index (χ2v) is 7.11. The second-order valence-electron chi connectivity index (χ2n) is 7.11. The van der Waals surface area contributed by atoms with Crippen molar-refractivity contribution in [1.82, 2.24) is 29.6 Å². The highest BCUT2D eigenvalue weighted by atomic mass is 16.5. The summed E-state index contributed by atoms with van der Waals surface area (Å²) in [4.78, 5) is 15.6. The molecule has 1 unspecified atom stereocenters. The van der Waals surface area contributed by atoms with E-state index in [0.29, 0.717) is 30.2 Å². The van der Waals surface area contributed by atoms with Crippen LogP contribution >= 0.6 is 0 Å². The Hall–Kier alpha value is -2.54. The van der Waals surface area contributed by atoms with Gasteiger partial charge in [0.15, 0.2) is 0 Å². The topological polar surface area (TPSA) is 72.9 Å². The monoisotopic (exact) mass is 352 g/mol. The molecule has 4 heterocycles. The fourth-order valence-electron chi connectivity index (χ4n) is 3.61. The van der Waals surface area contributed by atoms with E-state index in [0.717, 1.165) is 25.1 Å². The van der Waals surface area contributed by atoms with Gasteiger partial charge < -0.3 is 9.09 Å². The fourth-order valence-corrected chi connectivity index (χ4v) is 3.61. The molecule has 0 spiro atoms. The Kier molecular flexibility index (Phi) is 4.79. The number of hydrogen-bond donors (Lipinski definition) is 0. The van der Waals surface area contributed by atoms with Crippen LogP contribution in [0.25, 0.3) is 11.4 Å². The van der Waals surface area contributed by atoms with E-state index in [-0.39, 0.29) is 0 Å². The molecular weight excluding hydrogens is 328 g/mol. The molecule has 7 nitrogen and oxygen atoms in total. The van der Waals surface area contributed by atoms with Crippen molar-refractivity contribution in [3.63, 3.8) is 0 Å². The lowest BCUT2D eigenvalue weighted by Crippen LogP contribution is -2.35. The number of nitrogens with zero attached hydrogens (tertiary/aromatic N) is 6. The smallest absolute Gasteiger partial charge is 0.241 e. The predicted molar refractivity (Wildman–Crippen MR) is 97.4 cm³/mol.